The molecule has 2 aliphatic carbocycles. The highest BCUT2D eigenvalue weighted by Gasteiger charge is 2.48. The fourth-order valence-corrected chi connectivity index (χ4v) is 3.11. The van der Waals surface area contributed by atoms with E-state index >= 15 is 0 Å². The van der Waals surface area contributed by atoms with E-state index in [9.17, 15) is 4.39 Å². The van der Waals surface area contributed by atoms with Crippen molar-refractivity contribution in [2.24, 2.45) is 11.3 Å². The van der Waals surface area contributed by atoms with E-state index in [0.29, 0.717) is 11.2 Å². The predicted molar refractivity (Wildman–Crippen MR) is 52.3 cm³/mol. The Morgan fingerprint density at radius 3 is 2.50 bits per heavy atom. The van der Waals surface area contributed by atoms with Gasteiger partial charge in [0.05, 0.1) is 0 Å². The number of halogens is 2. The van der Waals surface area contributed by atoms with Gasteiger partial charge in [0.15, 0.2) is 0 Å². The Morgan fingerprint density at radius 2 is 2.08 bits per heavy atom. The van der Waals surface area contributed by atoms with Gasteiger partial charge >= 0.3 is 0 Å². The molecule has 0 aromatic heterocycles. The number of hydrogen-bond donors (Lipinski definition) is 0. The minimum absolute atomic E-state index is 0.524. The molecule has 2 aliphatic rings. The summed E-state index contributed by atoms with van der Waals surface area (Å²) in [6.07, 6.45) is 7.11. The van der Waals surface area contributed by atoms with Gasteiger partial charge in [0, 0.05) is 5.33 Å². The van der Waals surface area contributed by atoms with Crippen molar-refractivity contribution in [1.82, 2.24) is 0 Å². The predicted octanol–water partition coefficient (Wildman–Crippen LogP) is 3.69. The molecule has 1 spiro atoms. The first-order valence-electron chi connectivity index (χ1n) is 4.94. The van der Waals surface area contributed by atoms with Gasteiger partial charge in [-0.15, -0.1) is 0 Å². The lowest BCUT2D eigenvalue weighted by atomic mass is 9.51. The summed E-state index contributed by atoms with van der Waals surface area (Å²) in [5.41, 5.74) is 0.719. The van der Waals surface area contributed by atoms with Gasteiger partial charge in [-0.05, 0) is 43.4 Å². The Balaban J connectivity index is 1.67. The van der Waals surface area contributed by atoms with Crippen molar-refractivity contribution >= 4 is 15.9 Å². The first kappa shape index (κ1) is 8.98. The quantitative estimate of drug-likeness (QED) is 0.654. The molecule has 0 amide bonds. The molecule has 0 N–H and O–H groups in total. The van der Waals surface area contributed by atoms with Gasteiger partial charge < -0.3 is 0 Å². The summed E-state index contributed by atoms with van der Waals surface area (Å²) in [5, 5.41) is 0.524. The monoisotopic (exact) mass is 234 g/mol. The highest BCUT2D eigenvalue weighted by Crippen LogP contribution is 2.59. The molecule has 2 rings (SSSR count). The maximum Gasteiger partial charge on any atom is 0.110 e. The molecule has 0 radical (unpaired) electrons. The molecule has 2 heteroatoms. The van der Waals surface area contributed by atoms with Gasteiger partial charge in [-0.2, -0.15) is 0 Å². The number of rotatable bonds is 3. The van der Waals surface area contributed by atoms with Crippen LogP contribution in [0.5, 0.6) is 0 Å². The van der Waals surface area contributed by atoms with E-state index in [1.165, 1.54) is 32.1 Å². The Labute approximate surface area is 82.0 Å². The van der Waals surface area contributed by atoms with Gasteiger partial charge in [-0.1, -0.05) is 22.4 Å². The molecule has 0 aromatic rings. The van der Waals surface area contributed by atoms with Crippen molar-refractivity contribution in [1.29, 1.82) is 0 Å². The zero-order chi connectivity index (χ0) is 8.60. The Kier molecular flexibility index (Phi) is 2.46. The Bertz CT molecular complexity index is 154. The van der Waals surface area contributed by atoms with Crippen molar-refractivity contribution in [3.8, 4) is 0 Å². The summed E-state index contributed by atoms with van der Waals surface area (Å²) in [6, 6.07) is 0. The molecular weight excluding hydrogens is 219 g/mol. The molecule has 0 saturated heterocycles. The fourth-order valence-electron chi connectivity index (χ4n) is 2.84. The molecule has 0 nitrogen and oxygen atoms in total. The molecule has 1 unspecified atom stereocenters. The molecule has 12 heavy (non-hydrogen) atoms. The van der Waals surface area contributed by atoms with Gasteiger partial charge in [0.25, 0.3) is 0 Å². The number of hydrogen-bond acceptors (Lipinski definition) is 0. The van der Waals surface area contributed by atoms with E-state index in [-0.39, 0.29) is 0 Å². The minimum Gasteiger partial charge on any atom is -0.247 e. The zero-order valence-corrected chi connectivity index (χ0v) is 8.95. The molecule has 1 atom stereocenters. The van der Waals surface area contributed by atoms with Crippen LogP contribution in [0.15, 0.2) is 0 Å². The van der Waals surface area contributed by atoms with Crippen LogP contribution in [0.25, 0.3) is 0 Å². The summed E-state index contributed by atoms with van der Waals surface area (Å²) < 4.78 is 12.9. The average molecular weight is 235 g/mol. The average Bonchev–Trinajstić information content (AvgIpc) is 1.91. The normalized spacial score (nSPS) is 29.5. The lowest BCUT2D eigenvalue weighted by molar-refractivity contribution is -0.0345. The lowest BCUT2D eigenvalue weighted by Crippen LogP contribution is -2.43. The molecule has 2 saturated carbocycles. The molecule has 2 fully saturated rings. The summed E-state index contributed by atoms with van der Waals surface area (Å²) in [4.78, 5) is 0. The van der Waals surface area contributed by atoms with Crippen molar-refractivity contribution < 1.29 is 4.39 Å². The van der Waals surface area contributed by atoms with E-state index in [1.807, 2.05) is 0 Å². The first-order chi connectivity index (χ1) is 5.74. The molecule has 0 heterocycles. The van der Waals surface area contributed by atoms with Crippen LogP contribution in [0.3, 0.4) is 0 Å². The summed E-state index contributed by atoms with van der Waals surface area (Å²) in [7, 11) is 0. The maximum atomic E-state index is 12.9. The second-order valence-corrected chi connectivity index (χ2v) is 5.26. The third kappa shape index (κ3) is 1.55. The van der Waals surface area contributed by atoms with Gasteiger partial charge in [0.1, 0.15) is 6.17 Å². The van der Waals surface area contributed by atoms with E-state index in [0.717, 1.165) is 11.8 Å². The smallest absolute Gasteiger partial charge is 0.110 e. The standard InChI is InChI=1S/C10H16BrF/c11-7-9(12)4-8-5-10(6-8)2-1-3-10/h8-9H,1-7H2. The second kappa shape index (κ2) is 3.28. The zero-order valence-electron chi connectivity index (χ0n) is 7.36. The highest BCUT2D eigenvalue weighted by molar-refractivity contribution is 9.09. The van der Waals surface area contributed by atoms with Crippen LogP contribution in [0.4, 0.5) is 4.39 Å². The SMILES string of the molecule is FC(CBr)CC1CC2(CCC2)C1. The van der Waals surface area contributed by atoms with E-state index in [4.69, 9.17) is 0 Å². The van der Waals surface area contributed by atoms with Crippen LogP contribution < -0.4 is 0 Å². The van der Waals surface area contributed by atoms with E-state index in [2.05, 4.69) is 15.9 Å². The highest BCUT2D eigenvalue weighted by atomic mass is 79.9. The molecule has 70 valence electrons. The molecule has 0 aliphatic heterocycles. The van der Waals surface area contributed by atoms with E-state index < -0.39 is 6.17 Å². The van der Waals surface area contributed by atoms with Crippen molar-refractivity contribution in [2.75, 3.05) is 5.33 Å². The third-order valence-electron chi connectivity index (χ3n) is 3.61. The fraction of sp³-hybridized carbons (Fsp3) is 1.00. The van der Waals surface area contributed by atoms with Crippen molar-refractivity contribution in [3.05, 3.63) is 0 Å². The summed E-state index contributed by atoms with van der Waals surface area (Å²) in [5.74, 6) is 0.706. The van der Waals surface area contributed by atoms with Gasteiger partial charge in [-0.25, -0.2) is 4.39 Å². The second-order valence-electron chi connectivity index (χ2n) is 4.62. The topological polar surface area (TPSA) is 0 Å². The lowest BCUT2D eigenvalue weighted by Gasteiger charge is -2.54. The van der Waals surface area contributed by atoms with Gasteiger partial charge in [-0.3, -0.25) is 0 Å². The van der Waals surface area contributed by atoms with Crippen LogP contribution in [-0.2, 0) is 0 Å². The van der Waals surface area contributed by atoms with Gasteiger partial charge in [0.2, 0.25) is 0 Å². The summed E-state index contributed by atoms with van der Waals surface area (Å²) >= 11 is 3.18. The first-order valence-corrected chi connectivity index (χ1v) is 6.06. The molecule has 0 bridgehead atoms. The van der Waals surface area contributed by atoms with Crippen LogP contribution in [0.2, 0.25) is 0 Å². The third-order valence-corrected chi connectivity index (χ3v) is 4.32. The largest absolute Gasteiger partial charge is 0.247 e. The Hall–Kier alpha value is 0.410. The Morgan fingerprint density at radius 1 is 1.42 bits per heavy atom. The van der Waals surface area contributed by atoms with Crippen molar-refractivity contribution in [3.63, 3.8) is 0 Å². The van der Waals surface area contributed by atoms with Crippen LogP contribution >= 0.6 is 15.9 Å². The van der Waals surface area contributed by atoms with E-state index in [1.54, 1.807) is 0 Å². The van der Waals surface area contributed by atoms with Crippen LogP contribution in [-0.4, -0.2) is 11.5 Å². The minimum atomic E-state index is -0.604. The van der Waals surface area contributed by atoms with Crippen LogP contribution in [0, 0.1) is 11.3 Å². The maximum absolute atomic E-state index is 12.9. The van der Waals surface area contributed by atoms with Crippen molar-refractivity contribution in [2.45, 2.75) is 44.7 Å². The van der Waals surface area contributed by atoms with Crippen LogP contribution in [0.1, 0.15) is 38.5 Å². The number of alkyl halides is 2. The molecule has 0 aromatic carbocycles. The molecular formula is C10H16BrF. The summed E-state index contributed by atoms with van der Waals surface area (Å²) in [6.45, 7) is 0.